The number of methoxy groups -OCH3 is 1. The first-order valence-electron chi connectivity index (χ1n) is 4.32. The maximum atomic E-state index is 12.6. The quantitative estimate of drug-likeness (QED) is 0.341. The molecule has 0 radical (unpaired) electrons. The molecule has 0 fully saturated rings. The van der Waals surface area contributed by atoms with Gasteiger partial charge in [0, 0.05) is 5.56 Å². The molecule has 0 atom stereocenters. The lowest BCUT2D eigenvalue weighted by molar-refractivity contribution is -0.140. The summed E-state index contributed by atoms with van der Waals surface area (Å²) in [5.74, 6) is -1.08. The number of pyridine rings is 1. The number of nitrogens with zero attached hydrogens (tertiary/aromatic N) is 1. The van der Waals surface area contributed by atoms with Crippen molar-refractivity contribution in [2.45, 2.75) is 12.6 Å². The van der Waals surface area contributed by atoms with Crippen LogP contribution in [0.1, 0.15) is 28.0 Å². The first-order valence-corrected chi connectivity index (χ1v) is 5.40. The first kappa shape index (κ1) is 15.1. The van der Waals surface area contributed by atoms with Gasteiger partial charge in [0.1, 0.15) is 9.39 Å². The zero-order valence-electron chi connectivity index (χ0n) is 8.69. The Kier molecular flexibility index (Phi) is 4.46. The van der Waals surface area contributed by atoms with Gasteiger partial charge in [-0.3, -0.25) is 0 Å². The molecule has 0 aliphatic carbocycles. The van der Waals surface area contributed by atoms with Gasteiger partial charge < -0.3 is 4.74 Å². The van der Waals surface area contributed by atoms with E-state index in [1.807, 2.05) is 0 Å². The van der Waals surface area contributed by atoms with Crippen molar-refractivity contribution in [3.05, 3.63) is 26.6 Å². The van der Waals surface area contributed by atoms with Crippen LogP contribution in [-0.4, -0.2) is 18.1 Å². The molecule has 3 nitrogen and oxygen atoms in total. The lowest BCUT2D eigenvalue weighted by Crippen LogP contribution is -2.16. The number of esters is 1. The molecule has 0 bridgehead atoms. The van der Waals surface area contributed by atoms with Gasteiger partial charge in [0.2, 0.25) is 0 Å². The highest BCUT2D eigenvalue weighted by Crippen LogP contribution is 2.38. The van der Waals surface area contributed by atoms with E-state index in [1.165, 1.54) is 0 Å². The summed E-state index contributed by atoms with van der Waals surface area (Å²) in [4.78, 5) is 14.4. The third kappa shape index (κ3) is 3.06. The van der Waals surface area contributed by atoms with E-state index in [9.17, 15) is 26.7 Å². The molecule has 18 heavy (non-hydrogen) atoms. The molecular formula is C9H5F5INO2. The van der Waals surface area contributed by atoms with Gasteiger partial charge in [0.05, 0.1) is 12.7 Å². The minimum absolute atomic E-state index is 0.390. The Hall–Kier alpha value is -1.00. The molecule has 1 aromatic heterocycles. The molecule has 0 saturated carbocycles. The van der Waals surface area contributed by atoms with E-state index in [0.29, 0.717) is 6.07 Å². The van der Waals surface area contributed by atoms with Gasteiger partial charge in [-0.2, -0.15) is 13.2 Å². The number of rotatable bonds is 2. The number of hydrogen-bond donors (Lipinski definition) is 0. The third-order valence-corrected chi connectivity index (χ3v) is 2.70. The molecule has 100 valence electrons. The lowest BCUT2D eigenvalue weighted by Gasteiger charge is -2.14. The van der Waals surface area contributed by atoms with Crippen LogP contribution in [-0.2, 0) is 10.9 Å². The second kappa shape index (κ2) is 5.33. The maximum absolute atomic E-state index is 12.6. The molecule has 0 unspecified atom stereocenters. The lowest BCUT2D eigenvalue weighted by atomic mass is 10.1. The largest absolute Gasteiger partial charge is 0.464 e. The summed E-state index contributed by atoms with van der Waals surface area (Å²) in [7, 11) is 0.969. The van der Waals surface area contributed by atoms with Crippen LogP contribution < -0.4 is 0 Å². The van der Waals surface area contributed by atoms with E-state index < -0.39 is 39.1 Å². The van der Waals surface area contributed by atoms with Gasteiger partial charge in [-0.15, -0.1) is 0 Å². The van der Waals surface area contributed by atoms with Crippen molar-refractivity contribution < 1.29 is 31.5 Å². The van der Waals surface area contributed by atoms with Gasteiger partial charge in [-0.1, -0.05) is 0 Å². The second-order valence-corrected chi connectivity index (χ2v) is 4.07. The van der Waals surface area contributed by atoms with Gasteiger partial charge in [-0.25, -0.2) is 18.6 Å². The van der Waals surface area contributed by atoms with E-state index in [1.54, 1.807) is 0 Å². The smallest absolute Gasteiger partial charge is 0.419 e. The predicted octanol–water partition coefficient (Wildman–Crippen LogP) is 3.43. The van der Waals surface area contributed by atoms with Crippen LogP contribution in [0.4, 0.5) is 22.0 Å². The Bertz CT molecular complexity index is 475. The first-order chi connectivity index (χ1) is 8.18. The average Bonchev–Trinajstić information content (AvgIpc) is 2.24. The van der Waals surface area contributed by atoms with E-state index in [2.05, 4.69) is 9.72 Å². The van der Waals surface area contributed by atoms with Crippen LogP contribution in [0.25, 0.3) is 0 Å². The summed E-state index contributed by atoms with van der Waals surface area (Å²) >= 11 is 1.15. The number of carbonyl (C=O) groups is 1. The van der Waals surface area contributed by atoms with E-state index in [4.69, 9.17) is 0 Å². The molecule has 0 amide bonds. The summed E-state index contributed by atoms with van der Waals surface area (Å²) in [6, 6.07) is 0.390. The fourth-order valence-electron chi connectivity index (χ4n) is 1.19. The van der Waals surface area contributed by atoms with Crippen LogP contribution in [0, 0.1) is 3.70 Å². The zero-order valence-corrected chi connectivity index (χ0v) is 10.8. The summed E-state index contributed by atoms with van der Waals surface area (Å²) < 4.78 is 66.5. The van der Waals surface area contributed by atoms with Crippen LogP contribution in [0.3, 0.4) is 0 Å². The minimum atomic E-state index is -4.97. The number of ether oxygens (including phenoxy) is 1. The van der Waals surface area contributed by atoms with E-state index in [0.717, 1.165) is 29.7 Å². The normalized spacial score (nSPS) is 11.8. The van der Waals surface area contributed by atoms with Crippen LogP contribution in [0.15, 0.2) is 6.07 Å². The van der Waals surface area contributed by atoms with Crippen molar-refractivity contribution in [3.8, 4) is 0 Å². The van der Waals surface area contributed by atoms with Crippen LogP contribution in [0.2, 0.25) is 0 Å². The van der Waals surface area contributed by atoms with E-state index >= 15 is 0 Å². The topological polar surface area (TPSA) is 39.2 Å². The van der Waals surface area contributed by atoms with Crippen LogP contribution >= 0.6 is 22.6 Å². The van der Waals surface area contributed by atoms with Crippen molar-refractivity contribution >= 4 is 28.6 Å². The Morgan fingerprint density at radius 2 is 2.00 bits per heavy atom. The summed E-state index contributed by atoms with van der Waals surface area (Å²) in [6.07, 6.45) is -8.34. The van der Waals surface area contributed by atoms with Gasteiger partial charge >= 0.3 is 12.1 Å². The second-order valence-electron chi connectivity index (χ2n) is 3.05. The zero-order chi connectivity index (χ0) is 14.1. The molecule has 0 aliphatic heterocycles. The predicted molar refractivity (Wildman–Crippen MR) is 58.3 cm³/mol. The third-order valence-electron chi connectivity index (χ3n) is 1.92. The highest BCUT2D eigenvalue weighted by atomic mass is 127. The highest BCUT2D eigenvalue weighted by Gasteiger charge is 2.39. The number of halogens is 6. The Balaban J connectivity index is 3.51. The fourth-order valence-corrected chi connectivity index (χ4v) is 2.07. The number of carbonyl (C=O) groups excluding carboxylic acids is 1. The Morgan fingerprint density at radius 3 is 2.39 bits per heavy atom. The van der Waals surface area contributed by atoms with Crippen molar-refractivity contribution in [2.75, 3.05) is 7.11 Å². The number of alkyl halides is 5. The number of aromatic nitrogens is 1. The highest BCUT2D eigenvalue weighted by molar-refractivity contribution is 14.1. The van der Waals surface area contributed by atoms with Crippen molar-refractivity contribution in [3.63, 3.8) is 0 Å². The standard InChI is InChI=1S/C9H5F5INO2/c1-18-8(17)4-2-3(6(10)11)5(7(15)16-4)9(12,13)14/h2,6H,1H3. The molecule has 9 heteroatoms. The van der Waals surface area contributed by atoms with Crippen LogP contribution in [0.5, 0.6) is 0 Å². The minimum Gasteiger partial charge on any atom is -0.464 e. The summed E-state index contributed by atoms with van der Waals surface area (Å²) in [5.41, 5.74) is -3.42. The van der Waals surface area contributed by atoms with Crippen molar-refractivity contribution in [1.82, 2.24) is 4.98 Å². The van der Waals surface area contributed by atoms with Crippen molar-refractivity contribution in [2.24, 2.45) is 0 Å². The molecule has 1 rings (SSSR count). The summed E-state index contributed by atoms with van der Waals surface area (Å²) in [6.45, 7) is 0. The summed E-state index contributed by atoms with van der Waals surface area (Å²) in [5, 5.41) is 0. The van der Waals surface area contributed by atoms with Gasteiger partial charge in [0.25, 0.3) is 6.43 Å². The fraction of sp³-hybridized carbons (Fsp3) is 0.333. The Labute approximate surface area is 111 Å². The molecule has 0 aromatic carbocycles. The van der Waals surface area contributed by atoms with Gasteiger partial charge in [0.15, 0.2) is 0 Å². The molecule has 1 aromatic rings. The molecule has 0 saturated heterocycles. The SMILES string of the molecule is COC(=O)c1cc(C(F)F)c(C(F)(F)F)c(I)n1. The molecule has 0 aliphatic rings. The Morgan fingerprint density at radius 1 is 1.44 bits per heavy atom. The van der Waals surface area contributed by atoms with Gasteiger partial charge in [-0.05, 0) is 28.7 Å². The van der Waals surface area contributed by atoms with Crippen molar-refractivity contribution in [1.29, 1.82) is 0 Å². The maximum Gasteiger partial charge on any atom is 0.419 e. The average molecular weight is 381 g/mol. The molecule has 1 heterocycles. The van der Waals surface area contributed by atoms with E-state index in [-0.39, 0.29) is 0 Å². The monoisotopic (exact) mass is 381 g/mol. The molecule has 0 spiro atoms. The molecular weight excluding hydrogens is 376 g/mol. The number of hydrogen-bond acceptors (Lipinski definition) is 3. The molecule has 0 N–H and O–H groups in total.